The summed E-state index contributed by atoms with van der Waals surface area (Å²) in [5.74, 6) is -1.50. The first-order valence-corrected chi connectivity index (χ1v) is 4.30. The fourth-order valence-electron chi connectivity index (χ4n) is 0.765. The Balaban J connectivity index is 4.75. The minimum absolute atomic E-state index is 0.129. The molecule has 0 aromatic rings. The van der Waals surface area contributed by atoms with Crippen LogP contribution >= 0.6 is 11.6 Å². The monoisotopic (exact) mass is 205 g/mol. The maximum absolute atomic E-state index is 11.1. The van der Waals surface area contributed by atoms with Gasteiger partial charge in [0.15, 0.2) is 5.78 Å². The van der Waals surface area contributed by atoms with Crippen molar-refractivity contribution in [1.82, 2.24) is 0 Å². The average Bonchev–Trinajstić information content (AvgIpc) is 2.04. The first-order chi connectivity index (χ1) is 6.04. The molecule has 0 aromatic carbocycles. The lowest BCUT2D eigenvalue weighted by atomic mass is 10.1. The summed E-state index contributed by atoms with van der Waals surface area (Å²) in [6, 6.07) is 0. The number of rotatable bonds is 4. The Bertz CT molecular complexity index is 244. The smallest absolute Gasteiger partial charge is 0.343 e. The lowest BCUT2D eigenvalue weighted by Gasteiger charge is -2.05. The highest BCUT2D eigenvalue weighted by Crippen LogP contribution is 2.05. The van der Waals surface area contributed by atoms with E-state index in [9.17, 15) is 9.59 Å². The van der Waals surface area contributed by atoms with Crippen molar-refractivity contribution in [3.05, 3.63) is 11.3 Å². The zero-order valence-electron chi connectivity index (χ0n) is 7.59. The van der Waals surface area contributed by atoms with E-state index in [-0.39, 0.29) is 23.8 Å². The molecule has 13 heavy (non-hydrogen) atoms. The number of allylic oxidation sites excluding steroid dienone is 1. The largest absolute Gasteiger partial charge is 0.462 e. The molecule has 0 heterocycles. The number of carbonyl (C=O) groups excluding carboxylic acids is 2. The molecule has 0 spiro atoms. The summed E-state index contributed by atoms with van der Waals surface area (Å²) in [6.45, 7) is 3.30. The van der Waals surface area contributed by atoms with E-state index in [1.165, 1.54) is 6.92 Å². The molecule has 0 bridgehead atoms. The first-order valence-electron chi connectivity index (χ1n) is 3.77. The van der Waals surface area contributed by atoms with Gasteiger partial charge in [-0.3, -0.25) is 4.79 Å². The molecule has 0 saturated heterocycles. The minimum atomic E-state index is -0.715. The van der Waals surface area contributed by atoms with Gasteiger partial charge in [0, 0.05) is 5.70 Å². The third-order valence-electron chi connectivity index (χ3n) is 1.27. The van der Waals surface area contributed by atoms with Gasteiger partial charge in [0.05, 0.1) is 12.5 Å². The van der Waals surface area contributed by atoms with Gasteiger partial charge in [0.25, 0.3) is 0 Å². The van der Waals surface area contributed by atoms with Crippen LogP contribution in [0.4, 0.5) is 0 Å². The highest BCUT2D eigenvalue weighted by molar-refractivity contribution is 6.34. The lowest BCUT2D eigenvalue weighted by Crippen LogP contribution is -2.21. The average molecular weight is 206 g/mol. The van der Waals surface area contributed by atoms with Gasteiger partial charge in [-0.2, -0.15) is 0 Å². The van der Waals surface area contributed by atoms with E-state index in [4.69, 9.17) is 17.3 Å². The van der Waals surface area contributed by atoms with Crippen LogP contribution in [0.15, 0.2) is 11.3 Å². The minimum Gasteiger partial charge on any atom is -0.462 e. The molecule has 0 radical (unpaired) electrons. The van der Waals surface area contributed by atoms with Crippen molar-refractivity contribution < 1.29 is 14.3 Å². The highest BCUT2D eigenvalue weighted by atomic mass is 35.5. The molecule has 4 nitrogen and oxygen atoms in total. The van der Waals surface area contributed by atoms with E-state index in [1.54, 1.807) is 6.92 Å². The molecule has 0 rings (SSSR count). The van der Waals surface area contributed by atoms with E-state index in [1.807, 2.05) is 0 Å². The number of ketones is 1. The Kier molecular flexibility index (Phi) is 5.14. The summed E-state index contributed by atoms with van der Waals surface area (Å²) < 4.78 is 4.63. The molecule has 0 aliphatic heterocycles. The van der Waals surface area contributed by atoms with Gasteiger partial charge < -0.3 is 10.5 Å². The molecule has 74 valence electrons. The van der Waals surface area contributed by atoms with E-state index in [0.29, 0.717) is 0 Å². The van der Waals surface area contributed by atoms with E-state index >= 15 is 0 Å². The van der Waals surface area contributed by atoms with Gasteiger partial charge >= 0.3 is 5.97 Å². The molecule has 0 atom stereocenters. The lowest BCUT2D eigenvalue weighted by molar-refractivity contribution is -0.139. The third kappa shape index (κ3) is 3.46. The van der Waals surface area contributed by atoms with Crippen molar-refractivity contribution in [2.75, 3.05) is 12.5 Å². The van der Waals surface area contributed by atoms with Crippen LogP contribution in [0.5, 0.6) is 0 Å². The number of nitrogens with two attached hydrogens (primary N) is 1. The second kappa shape index (κ2) is 5.59. The SMILES string of the molecule is CCOC(=O)/C(C(=O)CCl)=C(/C)N. The molecule has 0 aliphatic carbocycles. The van der Waals surface area contributed by atoms with Gasteiger partial charge in [-0.1, -0.05) is 0 Å². The fraction of sp³-hybridized carbons (Fsp3) is 0.500. The second-order valence-electron chi connectivity index (χ2n) is 2.34. The van der Waals surface area contributed by atoms with E-state index in [0.717, 1.165) is 0 Å². The van der Waals surface area contributed by atoms with E-state index in [2.05, 4.69) is 4.74 Å². The van der Waals surface area contributed by atoms with Crippen LogP contribution in [0, 0.1) is 0 Å². The van der Waals surface area contributed by atoms with Gasteiger partial charge in [-0.25, -0.2) is 4.79 Å². The summed E-state index contributed by atoms with van der Waals surface area (Å²) >= 11 is 5.29. The van der Waals surface area contributed by atoms with Crippen LogP contribution in [0.3, 0.4) is 0 Å². The first kappa shape index (κ1) is 12.0. The van der Waals surface area contributed by atoms with Crippen LogP contribution < -0.4 is 5.73 Å². The summed E-state index contributed by atoms with van der Waals surface area (Å²) in [7, 11) is 0. The Morgan fingerprint density at radius 3 is 2.31 bits per heavy atom. The van der Waals surface area contributed by atoms with Gasteiger partial charge in [-0.05, 0) is 13.8 Å². The van der Waals surface area contributed by atoms with Crippen molar-refractivity contribution in [3.63, 3.8) is 0 Å². The fourth-order valence-corrected chi connectivity index (χ4v) is 0.898. The molecular weight excluding hydrogens is 194 g/mol. The number of hydrogen-bond acceptors (Lipinski definition) is 4. The van der Waals surface area contributed by atoms with Gasteiger partial charge in [0.2, 0.25) is 0 Å². The van der Waals surface area contributed by atoms with Gasteiger partial charge in [-0.15, -0.1) is 11.6 Å². The number of esters is 1. The van der Waals surface area contributed by atoms with Gasteiger partial charge in [0.1, 0.15) is 5.57 Å². The standard InChI is InChI=1S/C8H12ClNO3/c1-3-13-8(12)7(5(2)10)6(11)4-9/h3-4,10H2,1-2H3/b7-5-. The van der Waals surface area contributed by atoms with Crippen molar-refractivity contribution in [1.29, 1.82) is 0 Å². The Morgan fingerprint density at radius 1 is 1.46 bits per heavy atom. The maximum Gasteiger partial charge on any atom is 0.343 e. The van der Waals surface area contributed by atoms with Crippen LogP contribution in [0.1, 0.15) is 13.8 Å². The zero-order valence-corrected chi connectivity index (χ0v) is 8.35. The van der Waals surface area contributed by atoms with Crippen molar-refractivity contribution in [3.8, 4) is 0 Å². The second-order valence-corrected chi connectivity index (χ2v) is 2.60. The summed E-state index contributed by atoms with van der Waals surface area (Å²) in [6.07, 6.45) is 0. The Morgan fingerprint density at radius 2 is 2.00 bits per heavy atom. The summed E-state index contributed by atoms with van der Waals surface area (Å²) in [5.41, 5.74) is 5.32. The van der Waals surface area contributed by atoms with Crippen molar-refractivity contribution in [2.45, 2.75) is 13.8 Å². The Labute approximate surface area is 81.7 Å². The van der Waals surface area contributed by atoms with Crippen LogP contribution in [0.25, 0.3) is 0 Å². The van der Waals surface area contributed by atoms with Crippen molar-refractivity contribution >= 4 is 23.4 Å². The molecule has 0 fully saturated rings. The maximum atomic E-state index is 11.1. The summed E-state index contributed by atoms with van der Waals surface area (Å²) in [4.78, 5) is 22.2. The van der Waals surface area contributed by atoms with E-state index < -0.39 is 11.8 Å². The summed E-state index contributed by atoms with van der Waals surface area (Å²) in [5, 5.41) is 0. The predicted octanol–water partition coefficient (Wildman–Crippen LogP) is 0.590. The number of Topliss-reactive ketones (excluding diaryl/α,β-unsaturated/α-hetero) is 1. The molecule has 0 saturated carbocycles. The molecule has 0 aliphatic rings. The predicted molar refractivity (Wildman–Crippen MR) is 49.2 cm³/mol. The molecule has 0 unspecified atom stereocenters. The Hall–Kier alpha value is -1.03. The quantitative estimate of drug-likeness (QED) is 0.240. The molecule has 5 heteroatoms. The highest BCUT2D eigenvalue weighted by Gasteiger charge is 2.20. The zero-order chi connectivity index (χ0) is 10.4. The number of ether oxygens (including phenoxy) is 1. The molecule has 0 amide bonds. The third-order valence-corrected chi connectivity index (χ3v) is 1.52. The number of alkyl halides is 1. The number of hydrogen-bond donors (Lipinski definition) is 1. The van der Waals surface area contributed by atoms with Crippen LogP contribution in [-0.4, -0.2) is 24.2 Å². The molecular formula is C8H12ClNO3. The van der Waals surface area contributed by atoms with Crippen LogP contribution in [-0.2, 0) is 14.3 Å². The number of halogens is 1. The topological polar surface area (TPSA) is 69.4 Å². The molecule has 2 N–H and O–H groups in total. The van der Waals surface area contributed by atoms with Crippen LogP contribution in [0.2, 0.25) is 0 Å². The molecule has 0 aromatic heterocycles. The van der Waals surface area contributed by atoms with Crippen molar-refractivity contribution in [2.24, 2.45) is 5.73 Å². The number of carbonyl (C=O) groups is 2. The normalized spacial score (nSPS) is 11.9.